The van der Waals surface area contributed by atoms with E-state index in [2.05, 4.69) is 0 Å². The Hall–Kier alpha value is -1.71. The summed E-state index contributed by atoms with van der Waals surface area (Å²) < 4.78 is 11.0. The van der Waals surface area contributed by atoms with Gasteiger partial charge in [-0.15, -0.1) is 0 Å². The number of benzene rings is 2. The highest BCUT2D eigenvalue weighted by molar-refractivity contribution is 6.30. The van der Waals surface area contributed by atoms with Crippen LogP contribution >= 0.6 is 11.6 Å². The van der Waals surface area contributed by atoms with Crippen molar-refractivity contribution in [2.45, 2.75) is 12.5 Å². The lowest BCUT2D eigenvalue weighted by Crippen LogP contribution is -2.23. The predicted octanol–water partition coefficient (Wildman–Crippen LogP) is 3.37. The molecule has 4 heteroatoms. The molecule has 0 aromatic heterocycles. The molecular formula is C16H15ClO3. The second kappa shape index (κ2) is 5.00. The van der Waals surface area contributed by atoms with Crippen LogP contribution in [0.3, 0.4) is 0 Å². The van der Waals surface area contributed by atoms with Gasteiger partial charge in [-0.25, -0.2) is 0 Å². The van der Waals surface area contributed by atoms with Crippen molar-refractivity contribution in [3.63, 3.8) is 0 Å². The van der Waals surface area contributed by atoms with Gasteiger partial charge in [0, 0.05) is 5.02 Å². The molecule has 1 aliphatic rings. The van der Waals surface area contributed by atoms with Crippen LogP contribution in [0, 0.1) is 0 Å². The van der Waals surface area contributed by atoms with Crippen molar-refractivity contribution in [1.82, 2.24) is 0 Å². The second-order valence-electron chi connectivity index (χ2n) is 4.94. The maximum atomic E-state index is 10.8. The number of hydrogen-bond acceptors (Lipinski definition) is 3. The Labute approximate surface area is 122 Å². The van der Waals surface area contributed by atoms with Gasteiger partial charge >= 0.3 is 0 Å². The van der Waals surface area contributed by atoms with E-state index in [0.717, 1.165) is 11.1 Å². The van der Waals surface area contributed by atoms with Gasteiger partial charge in [0.05, 0.1) is 0 Å². The minimum Gasteiger partial charge on any atom is -0.486 e. The van der Waals surface area contributed by atoms with Crippen LogP contribution < -0.4 is 9.47 Å². The topological polar surface area (TPSA) is 38.7 Å². The van der Waals surface area contributed by atoms with Crippen LogP contribution in [0.15, 0.2) is 42.5 Å². The molecule has 0 spiro atoms. The summed E-state index contributed by atoms with van der Waals surface area (Å²) in [6.45, 7) is 2.82. The van der Waals surface area contributed by atoms with E-state index in [4.69, 9.17) is 21.1 Å². The smallest absolute Gasteiger partial charge is 0.161 e. The molecule has 2 aromatic carbocycles. The van der Waals surface area contributed by atoms with Crippen molar-refractivity contribution in [2.75, 3.05) is 13.2 Å². The van der Waals surface area contributed by atoms with Crippen molar-refractivity contribution in [3.8, 4) is 11.5 Å². The summed E-state index contributed by atoms with van der Waals surface area (Å²) in [6.07, 6.45) is 0. The molecule has 1 unspecified atom stereocenters. The van der Waals surface area contributed by atoms with Gasteiger partial charge < -0.3 is 14.6 Å². The largest absolute Gasteiger partial charge is 0.486 e. The molecule has 0 saturated heterocycles. The normalized spacial score (nSPS) is 16.6. The van der Waals surface area contributed by atoms with Crippen LogP contribution in [-0.2, 0) is 5.60 Å². The zero-order valence-electron chi connectivity index (χ0n) is 11.1. The molecule has 0 saturated carbocycles. The summed E-state index contributed by atoms with van der Waals surface area (Å²) in [5.74, 6) is 1.37. The molecule has 0 aliphatic carbocycles. The highest BCUT2D eigenvalue weighted by atomic mass is 35.5. The third-order valence-electron chi connectivity index (χ3n) is 3.49. The van der Waals surface area contributed by atoms with Gasteiger partial charge in [-0.3, -0.25) is 0 Å². The number of halogens is 1. The fourth-order valence-electron chi connectivity index (χ4n) is 2.30. The number of ether oxygens (including phenoxy) is 2. The van der Waals surface area contributed by atoms with Gasteiger partial charge in [-0.1, -0.05) is 29.8 Å². The van der Waals surface area contributed by atoms with Gasteiger partial charge in [-0.05, 0) is 42.3 Å². The van der Waals surface area contributed by atoms with Gasteiger partial charge in [0.15, 0.2) is 11.5 Å². The molecule has 0 bridgehead atoms. The first-order chi connectivity index (χ1) is 9.57. The summed E-state index contributed by atoms with van der Waals surface area (Å²) in [5, 5.41) is 11.4. The molecule has 0 fully saturated rings. The highest BCUT2D eigenvalue weighted by Gasteiger charge is 2.27. The minimum absolute atomic E-state index is 0.524. The third-order valence-corrected chi connectivity index (χ3v) is 3.73. The van der Waals surface area contributed by atoms with E-state index >= 15 is 0 Å². The lowest BCUT2D eigenvalue weighted by atomic mass is 9.88. The Balaban J connectivity index is 2.02. The fourth-order valence-corrected chi connectivity index (χ4v) is 2.49. The van der Waals surface area contributed by atoms with Crippen LogP contribution in [0.25, 0.3) is 0 Å². The lowest BCUT2D eigenvalue weighted by Gasteiger charge is -2.27. The number of hydrogen-bond donors (Lipinski definition) is 1. The van der Waals surface area contributed by atoms with Crippen LogP contribution in [-0.4, -0.2) is 18.3 Å². The van der Waals surface area contributed by atoms with E-state index in [1.165, 1.54) is 0 Å². The maximum absolute atomic E-state index is 10.8. The van der Waals surface area contributed by atoms with Crippen LogP contribution in [0.4, 0.5) is 0 Å². The Morgan fingerprint density at radius 3 is 2.45 bits per heavy atom. The first kappa shape index (κ1) is 13.3. The number of fused-ring (bicyclic) bond motifs is 1. The van der Waals surface area contributed by atoms with E-state index in [9.17, 15) is 5.11 Å². The van der Waals surface area contributed by atoms with Crippen molar-refractivity contribution in [1.29, 1.82) is 0 Å². The summed E-state index contributed by atoms with van der Waals surface area (Å²) in [7, 11) is 0. The predicted molar refractivity (Wildman–Crippen MR) is 77.6 cm³/mol. The molecule has 1 atom stereocenters. The Morgan fingerprint density at radius 1 is 1.00 bits per heavy atom. The molecule has 20 heavy (non-hydrogen) atoms. The third kappa shape index (κ3) is 2.35. The molecule has 104 valence electrons. The first-order valence-electron chi connectivity index (χ1n) is 6.46. The lowest BCUT2D eigenvalue weighted by molar-refractivity contribution is 0.101. The molecule has 0 amide bonds. The molecule has 3 nitrogen and oxygen atoms in total. The van der Waals surface area contributed by atoms with Crippen molar-refractivity contribution >= 4 is 11.6 Å². The molecule has 1 heterocycles. The Bertz CT molecular complexity index is 637. The summed E-state index contributed by atoms with van der Waals surface area (Å²) in [6, 6.07) is 12.7. The molecule has 0 radical (unpaired) electrons. The zero-order valence-corrected chi connectivity index (χ0v) is 11.9. The quantitative estimate of drug-likeness (QED) is 0.922. The summed E-state index contributed by atoms with van der Waals surface area (Å²) >= 11 is 6.00. The van der Waals surface area contributed by atoms with Crippen molar-refractivity contribution in [3.05, 3.63) is 58.6 Å². The standard InChI is InChI=1S/C16H15ClO3/c1-16(18,11-3-2-4-13(17)9-11)12-5-6-14-15(10-12)20-8-7-19-14/h2-6,9-10,18H,7-8H2,1H3. The van der Waals surface area contributed by atoms with E-state index < -0.39 is 5.60 Å². The van der Waals surface area contributed by atoms with E-state index in [1.807, 2.05) is 30.3 Å². The van der Waals surface area contributed by atoms with E-state index in [-0.39, 0.29) is 0 Å². The second-order valence-corrected chi connectivity index (χ2v) is 5.38. The SMILES string of the molecule is CC(O)(c1cccc(Cl)c1)c1ccc2c(c1)OCCO2. The summed E-state index contributed by atoms with van der Waals surface area (Å²) in [4.78, 5) is 0. The monoisotopic (exact) mass is 290 g/mol. The van der Waals surface area contributed by atoms with E-state index in [0.29, 0.717) is 29.7 Å². The van der Waals surface area contributed by atoms with Crippen molar-refractivity contribution < 1.29 is 14.6 Å². The molecular weight excluding hydrogens is 276 g/mol. The number of rotatable bonds is 2. The van der Waals surface area contributed by atoms with Gasteiger partial charge in [0.2, 0.25) is 0 Å². The van der Waals surface area contributed by atoms with Crippen LogP contribution in [0.2, 0.25) is 5.02 Å². The zero-order chi connectivity index (χ0) is 14.2. The van der Waals surface area contributed by atoms with Crippen molar-refractivity contribution in [2.24, 2.45) is 0 Å². The number of aliphatic hydroxyl groups is 1. The molecule has 1 N–H and O–H groups in total. The van der Waals surface area contributed by atoms with Gasteiger partial charge in [0.1, 0.15) is 18.8 Å². The van der Waals surface area contributed by atoms with E-state index in [1.54, 1.807) is 19.1 Å². The Kier molecular flexibility index (Phi) is 3.32. The van der Waals surface area contributed by atoms with Crippen LogP contribution in [0.5, 0.6) is 11.5 Å². The molecule has 1 aliphatic heterocycles. The average Bonchev–Trinajstić information content (AvgIpc) is 2.46. The Morgan fingerprint density at radius 2 is 1.70 bits per heavy atom. The van der Waals surface area contributed by atoms with Gasteiger partial charge in [0.25, 0.3) is 0 Å². The van der Waals surface area contributed by atoms with Crippen LogP contribution in [0.1, 0.15) is 18.1 Å². The van der Waals surface area contributed by atoms with Gasteiger partial charge in [-0.2, -0.15) is 0 Å². The minimum atomic E-state index is -1.14. The maximum Gasteiger partial charge on any atom is 0.161 e. The summed E-state index contributed by atoms with van der Waals surface area (Å²) in [5.41, 5.74) is 0.339. The molecule has 2 aromatic rings. The average molecular weight is 291 g/mol. The fraction of sp³-hybridized carbons (Fsp3) is 0.250. The molecule has 3 rings (SSSR count). The highest BCUT2D eigenvalue weighted by Crippen LogP contribution is 2.37. The first-order valence-corrected chi connectivity index (χ1v) is 6.84.